The van der Waals surface area contributed by atoms with Crippen LogP contribution in [0.2, 0.25) is 0 Å². The predicted molar refractivity (Wildman–Crippen MR) is 376 cm³/mol. The molecular formula is C80H63BF24O9S. The van der Waals surface area contributed by atoms with Crippen molar-refractivity contribution in [3.63, 3.8) is 0 Å². The molecule has 0 atom stereocenters. The third kappa shape index (κ3) is 24.6. The molecule has 10 aromatic rings. The van der Waals surface area contributed by atoms with Crippen LogP contribution in [0.1, 0.15) is 44.5 Å². The lowest BCUT2D eigenvalue weighted by molar-refractivity contribution is -0.144. The van der Waals surface area contributed by atoms with Crippen LogP contribution in [0.5, 0.6) is 34.5 Å². The average molecular weight is 1670 g/mol. The van der Waals surface area contributed by atoms with E-state index < -0.39 is 206 Å². The Kier molecular flexibility index (Phi) is 29.2. The van der Waals surface area contributed by atoms with Crippen LogP contribution < -0.4 is 50.3 Å². The van der Waals surface area contributed by atoms with Crippen molar-refractivity contribution in [1.82, 2.24) is 0 Å². The number of hydrogen-bond acceptors (Lipinski definition) is 9. The molecule has 0 unspecified atom stereocenters. The Morgan fingerprint density at radius 3 is 0.565 bits per heavy atom. The van der Waals surface area contributed by atoms with Crippen LogP contribution in [-0.4, -0.2) is 85.4 Å². The average Bonchev–Trinajstić information content (AvgIpc) is 0.706. The molecule has 0 radical (unpaired) electrons. The minimum absolute atomic E-state index is 0.368. The second-order valence-corrected chi connectivity index (χ2v) is 26.7. The smallest absolute Gasteiger partial charge is 0.416 e. The van der Waals surface area contributed by atoms with Crippen molar-refractivity contribution < 1.29 is 148 Å². The standard InChI is InChI=1S/C48H51O9S.C32H12BF24/c1-4-16-40(17-5-1)52-34-28-49-31-37-55-43-22-10-13-25-46(43)58(47-26-14-11-23-44(47)56-38-32-50-29-35-53-41-18-6-2-7-19-41)48-27-15-12-24-45(48)57-39-33-51-30-36-54-42-20-8-3-9-21-42;34-25(35,36)13-1-14(26(37,38)39)6-21(5-13)33(22-7-15(27(40,41)42)2-16(8-22)28(43,44)45,23-9-17(29(46,47)48)3-18(10-23)30(49,50)51)24-11-19(31(52,53)54)4-20(12-24)32(55,56)57/h1-27H,28-39H2;1-12H/q+1;-1. The summed E-state index contributed by atoms with van der Waals surface area (Å²) in [6.07, 6.45) is -54.8. The van der Waals surface area contributed by atoms with Crippen LogP contribution in [0.25, 0.3) is 0 Å². The van der Waals surface area contributed by atoms with E-state index in [1.165, 1.54) is 0 Å². The number of para-hydroxylation sites is 6. The summed E-state index contributed by atoms with van der Waals surface area (Å²) in [6, 6.07) is 44.7. The molecule has 0 aliphatic carbocycles. The summed E-state index contributed by atoms with van der Waals surface area (Å²) in [6.45, 7) is 5.05. The highest BCUT2D eigenvalue weighted by Gasteiger charge is 2.48. The van der Waals surface area contributed by atoms with E-state index in [1.54, 1.807) is 0 Å². The molecule has 0 saturated carbocycles. The van der Waals surface area contributed by atoms with Gasteiger partial charge in [0.05, 0.1) is 84.1 Å². The Morgan fingerprint density at radius 1 is 0.200 bits per heavy atom. The normalized spacial score (nSPS) is 12.6. The number of benzene rings is 10. The minimum Gasteiger partial charge on any atom is -0.491 e. The van der Waals surface area contributed by atoms with Crippen molar-refractivity contribution in [3.8, 4) is 34.5 Å². The van der Waals surface area contributed by atoms with Gasteiger partial charge < -0.3 is 42.6 Å². The predicted octanol–water partition coefficient (Wildman–Crippen LogP) is 20.4. The zero-order valence-electron chi connectivity index (χ0n) is 59.2. The third-order valence-electron chi connectivity index (χ3n) is 16.8. The topological polar surface area (TPSA) is 83.1 Å². The minimum atomic E-state index is -6.13. The first kappa shape index (κ1) is 88.6. The van der Waals surface area contributed by atoms with E-state index >= 15 is 0 Å². The summed E-state index contributed by atoms with van der Waals surface area (Å²) in [7, 11) is -0.701. The largest absolute Gasteiger partial charge is 0.491 e. The van der Waals surface area contributed by atoms with Gasteiger partial charge in [-0.1, -0.05) is 140 Å². The van der Waals surface area contributed by atoms with Crippen molar-refractivity contribution in [2.45, 2.75) is 64.1 Å². The number of rotatable bonds is 31. The maximum absolute atomic E-state index is 14.2. The maximum atomic E-state index is 14.2. The van der Waals surface area contributed by atoms with Crippen LogP contribution in [0, 0.1) is 0 Å². The molecule has 0 aliphatic rings. The van der Waals surface area contributed by atoms with Crippen LogP contribution >= 0.6 is 0 Å². The number of halogens is 24. The van der Waals surface area contributed by atoms with E-state index in [9.17, 15) is 105 Å². The summed E-state index contributed by atoms with van der Waals surface area (Å²) < 4.78 is 395. The van der Waals surface area contributed by atoms with Crippen molar-refractivity contribution in [2.75, 3.05) is 79.3 Å². The van der Waals surface area contributed by atoms with Gasteiger partial charge in [0.2, 0.25) is 14.7 Å². The number of ether oxygens (including phenoxy) is 9. The zero-order chi connectivity index (χ0) is 83.6. The van der Waals surface area contributed by atoms with Crippen molar-refractivity contribution in [3.05, 3.63) is 281 Å². The second-order valence-electron chi connectivity index (χ2n) is 24.7. The number of alkyl halides is 24. The van der Waals surface area contributed by atoms with E-state index in [0.29, 0.717) is 79.3 Å². The van der Waals surface area contributed by atoms with Crippen LogP contribution in [0.3, 0.4) is 0 Å². The molecule has 0 amide bonds. The lowest BCUT2D eigenvalue weighted by atomic mass is 9.12. The molecule has 0 fully saturated rings. The second kappa shape index (κ2) is 37.9. The van der Waals surface area contributed by atoms with E-state index in [1.807, 2.05) is 146 Å². The molecule has 35 heteroatoms. The van der Waals surface area contributed by atoms with Crippen molar-refractivity contribution in [1.29, 1.82) is 0 Å². The Morgan fingerprint density at radius 2 is 0.374 bits per heavy atom. The SMILES string of the molecule is FC(F)(F)c1cc([B-](c2cc(C(F)(F)F)cc(C(F)(F)F)c2)(c2cc(C(F)(F)F)cc(C(F)(F)F)c2)c2cc(C(F)(F)F)cc(C(F)(F)F)c2)cc(C(F)(F)F)c1.c1ccc(OCCOCCOc2ccccc2[S+](c2ccccc2OCCOCCOc2ccccc2)c2ccccc2OCCOCCOc2ccccc2)cc1. The van der Waals surface area contributed by atoms with E-state index in [0.717, 1.165) is 49.2 Å². The zero-order valence-corrected chi connectivity index (χ0v) is 60.0. The van der Waals surface area contributed by atoms with Crippen molar-refractivity contribution in [2.24, 2.45) is 0 Å². The summed E-state index contributed by atoms with van der Waals surface area (Å²) in [5.74, 6) is 4.71. The molecule has 0 aromatic heterocycles. The fourth-order valence-corrected chi connectivity index (χ4v) is 14.1. The molecule has 115 heavy (non-hydrogen) atoms. The molecule has 0 saturated heterocycles. The van der Waals surface area contributed by atoms with Crippen molar-refractivity contribution >= 4 is 38.9 Å². The van der Waals surface area contributed by atoms with Gasteiger partial charge in [0.15, 0.2) is 17.2 Å². The maximum Gasteiger partial charge on any atom is 0.416 e. The summed E-state index contributed by atoms with van der Waals surface area (Å²) in [5, 5.41) is 0. The molecule has 0 bridgehead atoms. The molecule has 10 rings (SSSR count). The molecular weight excluding hydrogens is 1600 g/mol. The highest BCUT2D eigenvalue weighted by Crippen LogP contribution is 2.46. The lowest BCUT2D eigenvalue weighted by Crippen LogP contribution is -2.75. The first-order valence-corrected chi connectivity index (χ1v) is 35.4. The van der Waals surface area contributed by atoms with E-state index in [4.69, 9.17) is 42.6 Å². The Hall–Kier alpha value is -10.4. The van der Waals surface area contributed by atoms with Gasteiger partial charge in [-0.15, -0.1) is 0 Å². The monoisotopic (exact) mass is 1670 g/mol. The van der Waals surface area contributed by atoms with Gasteiger partial charge in [-0.25, -0.2) is 0 Å². The molecule has 0 aliphatic heterocycles. The van der Waals surface area contributed by atoms with E-state index in [-0.39, 0.29) is 0 Å². The van der Waals surface area contributed by atoms with Gasteiger partial charge in [-0.3, -0.25) is 0 Å². The van der Waals surface area contributed by atoms with E-state index in [2.05, 4.69) is 18.2 Å². The molecule has 0 spiro atoms. The van der Waals surface area contributed by atoms with Crippen LogP contribution in [0.4, 0.5) is 105 Å². The number of hydrogen-bond donors (Lipinski definition) is 0. The molecule has 10 aromatic carbocycles. The van der Waals surface area contributed by atoms with Gasteiger partial charge in [-0.2, -0.15) is 127 Å². The Balaban J connectivity index is 0.000000263. The lowest BCUT2D eigenvalue weighted by Gasteiger charge is -2.46. The molecule has 0 N–H and O–H groups in total. The van der Waals surface area contributed by atoms with Gasteiger partial charge >= 0.3 is 49.4 Å². The van der Waals surface area contributed by atoms with Crippen LogP contribution in [0.15, 0.2) is 251 Å². The Labute approximate surface area is 643 Å². The fourth-order valence-electron chi connectivity index (χ4n) is 11.8. The highest BCUT2D eigenvalue weighted by atomic mass is 32.2. The van der Waals surface area contributed by atoms with Gasteiger partial charge in [0.25, 0.3) is 0 Å². The molecule has 9 nitrogen and oxygen atoms in total. The third-order valence-corrected chi connectivity index (χ3v) is 19.2. The summed E-state index contributed by atoms with van der Waals surface area (Å²) in [4.78, 5) is 2.97. The quantitative estimate of drug-likeness (QED) is 0.0183. The highest BCUT2D eigenvalue weighted by molar-refractivity contribution is 7.97. The molecule has 0 heterocycles. The van der Waals surface area contributed by atoms with Gasteiger partial charge in [0.1, 0.15) is 73.9 Å². The first-order valence-electron chi connectivity index (χ1n) is 34.1. The molecule has 614 valence electrons. The van der Waals surface area contributed by atoms with Gasteiger partial charge in [-0.05, 0) is 97.1 Å². The first-order chi connectivity index (χ1) is 54.1. The Bertz CT molecular complexity index is 4100. The van der Waals surface area contributed by atoms with Gasteiger partial charge in [0, 0.05) is 0 Å². The van der Waals surface area contributed by atoms with Crippen LogP contribution in [-0.2, 0) is 74.5 Å². The summed E-state index contributed by atoms with van der Waals surface area (Å²) >= 11 is 0. The fraction of sp³-hybridized carbons (Fsp3) is 0.250. The summed E-state index contributed by atoms with van der Waals surface area (Å²) in [5.41, 5.74) is -30.2.